The van der Waals surface area contributed by atoms with Gasteiger partial charge < -0.3 is 5.11 Å². The van der Waals surface area contributed by atoms with Crippen LogP contribution in [0.2, 0.25) is 0 Å². The van der Waals surface area contributed by atoms with Gasteiger partial charge in [0.05, 0.1) is 0 Å². The molecule has 3 aromatic carbocycles. The summed E-state index contributed by atoms with van der Waals surface area (Å²) in [5.74, 6) is -2.24. The first-order valence-corrected chi connectivity index (χ1v) is 10.0. The monoisotopic (exact) mass is 396 g/mol. The molecule has 0 unspecified atom stereocenters. The molecule has 0 aliphatic heterocycles. The van der Waals surface area contributed by atoms with E-state index in [1.165, 1.54) is 6.07 Å². The number of hydrogen-bond donors (Lipinski definition) is 1. The lowest BCUT2D eigenvalue weighted by Crippen LogP contribution is -2.12. The molecule has 0 amide bonds. The molecule has 1 N–H and O–H groups in total. The first-order valence-electron chi connectivity index (χ1n) is 10.0. The highest BCUT2D eigenvalue weighted by Gasteiger charge is 2.22. The summed E-state index contributed by atoms with van der Waals surface area (Å²) < 4.78 is 42.5. The molecule has 1 aliphatic rings. The van der Waals surface area contributed by atoms with Crippen molar-refractivity contribution >= 4 is 0 Å². The van der Waals surface area contributed by atoms with Crippen molar-refractivity contribution in [3.8, 4) is 28.0 Å². The van der Waals surface area contributed by atoms with Gasteiger partial charge in [-0.25, -0.2) is 8.78 Å². The maximum atomic E-state index is 14.8. The molecule has 29 heavy (non-hydrogen) atoms. The summed E-state index contributed by atoms with van der Waals surface area (Å²) in [6, 6.07) is 14.7. The summed E-state index contributed by atoms with van der Waals surface area (Å²) in [5, 5.41) is 9.27. The van der Waals surface area contributed by atoms with Crippen LogP contribution in [0.4, 0.5) is 13.2 Å². The summed E-state index contributed by atoms with van der Waals surface area (Å²) in [5.41, 5.74) is 2.90. The molecule has 0 aromatic heterocycles. The third kappa shape index (κ3) is 3.89. The van der Waals surface area contributed by atoms with Crippen molar-refractivity contribution in [3.63, 3.8) is 0 Å². The minimum absolute atomic E-state index is 0.0694. The zero-order valence-electron chi connectivity index (χ0n) is 16.3. The first-order chi connectivity index (χ1) is 13.9. The number of hydrogen-bond acceptors (Lipinski definition) is 1. The molecule has 4 rings (SSSR count). The van der Waals surface area contributed by atoms with E-state index in [4.69, 9.17) is 0 Å². The molecule has 1 aliphatic carbocycles. The summed E-state index contributed by atoms with van der Waals surface area (Å²) >= 11 is 0. The fourth-order valence-corrected chi connectivity index (χ4v) is 4.21. The molecule has 4 heteroatoms. The van der Waals surface area contributed by atoms with Gasteiger partial charge in [0.1, 0.15) is 5.82 Å². The zero-order valence-corrected chi connectivity index (χ0v) is 16.3. The molecule has 150 valence electrons. The van der Waals surface area contributed by atoms with E-state index in [1.807, 2.05) is 12.1 Å². The van der Waals surface area contributed by atoms with Crippen molar-refractivity contribution in [1.82, 2.24) is 0 Å². The van der Waals surface area contributed by atoms with Gasteiger partial charge >= 0.3 is 0 Å². The smallest absolute Gasteiger partial charge is 0.200 e. The Balaban J connectivity index is 1.58. The number of rotatable bonds is 3. The number of aromatic hydroxyl groups is 1. The van der Waals surface area contributed by atoms with Crippen LogP contribution >= 0.6 is 0 Å². The second kappa shape index (κ2) is 7.94. The second-order valence-electron chi connectivity index (χ2n) is 8.03. The molecule has 0 spiro atoms. The third-order valence-corrected chi connectivity index (χ3v) is 6.05. The Kier molecular flexibility index (Phi) is 5.35. The van der Waals surface area contributed by atoms with E-state index >= 15 is 0 Å². The first kappa shape index (κ1) is 19.6. The van der Waals surface area contributed by atoms with Crippen LogP contribution in [0.25, 0.3) is 22.3 Å². The highest BCUT2D eigenvalue weighted by atomic mass is 19.2. The maximum Gasteiger partial charge on any atom is 0.200 e. The number of phenols is 1. The average Bonchev–Trinajstić information content (AvgIpc) is 2.73. The van der Waals surface area contributed by atoms with Crippen LogP contribution in [0.15, 0.2) is 54.6 Å². The topological polar surface area (TPSA) is 20.2 Å². The standard InChI is InChI=1S/C25H23F3O/c1-15-2-4-17(5-3-15)20-11-10-19(14-22(20)26)16-6-8-18(9-7-16)21-12-13-23(29)25(28)24(21)27/h6-15,17,29H,2-5H2,1H3. The van der Waals surface area contributed by atoms with Gasteiger partial charge in [-0.3, -0.25) is 0 Å². The van der Waals surface area contributed by atoms with Gasteiger partial charge in [-0.15, -0.1) is 0 Å². The molecule has 0 atom stereocenters. The Morgan fingerprint density at radius 1 is 0.724 bits per heavy atom. The Labute approximate surface area is 168 Å². The summed E-state index contributed by atoms with van der Waals surface area (Å²) in [6.45, 7) is 2.25. The molecule has 0 heterocycles. The summed E-state index contributed by atoms with van der Waals surface area (Å²) in [6.07, 6.45) is 4.34. The van der Waals surface area contributed by atoms with Crippen LogP contribution < -0.4 is 0 Å². The van der Waals surface area contributed by atoms with Crippen molar-refractivity contribution in [3.05, 3.63) is 77.6 Å². The Morgan fingerprint density at radius 3 is 2.00 bits per heavy atom. The van der Waals surface area contributed by atoms with Crippen LogP contribution in [0.3, 0.4) is 0 Å². The van der Waals surface area contributed by atoms with E-state index in [9.17, 15) is 18.3 Å². The van der Waals surface area contributed by atoms with Crippen LogP contribution in [0.1, 0.15) is 44.1 Å². The zero-order chi connectivity index (χ0) is 20.5. The molecule has 3 aromatic rings. The van der Waals surface area contributed by atoms with Crippen molar-refractivity contribution in [2.45, 2.75) is 38.5 Å². The fraction of sp³-hybridized carbons (Fsp3) is 0.280. The lowest BCUT2D eigenvalue weighted by atomic mass is 9.79. The van der Waals surface area contributed by atoms with E-state index in [0.717, 1.165) is 54.4 Å². The van der Waals surface area contributed by atoms with Gasteiger partial charge in [-0.05, 0) is 65.1 Å². The molecule has 1 fully saturated rings. The molecule has 1 saturated carbocycles. The number of halogens is 3. The molecule has 1 nitrogen and oxygen atoms in total. The largest absolute Gasteiger partial charge is 0.505 e. The highest BCUT2D eigenvalue weighted by Crippen LogP contribution is 2.38. The molecular weight excluding hydrogens is 373 g/mol. The summed E-state index contributed by atoms with van der Waals surface area (Å²) in [4.78, 5) is 0. The van der Waals surface area contributed by atoms with Gasteiger partial charge in [0.15, 0.2) is 11.6 Å². The van der Waals surface area contributed by atoms with E-state index < -0.39 is 17.4 Å². The van der Waals surface area contributed by atoms with Gasteiger partial charge in [0.2, 0.25) is 5.82 Å². The fourth-order valence-electron chi connectivity index (χ4n) is 4.21. The van der Waals surface area contributed by atoms with Crippen LogP contribution in [0.5, 0.6) is 5.75 Å². The normalized spacial score (nSPS) is 19.3. The number of benzene rings is 3. The van der Waals surface area contributed by atoms with Crippen LogP contribution in [-0.4, -0.2) is 5.11 Å². The lowest BCUT2D eigenvalue weighted by molar-refractivity contribution is 0.342. The van der Waals surface area contributed by atoms with Gasteiger partial charge in [0.25, 0.3) is 0 Å². The van der Waals surface area contributed by atoms with E-state index in [0.29, 0.717) is 5.56 Å². The minimum Gasteiger partial charge on any atom is -0.505 e. The molecular formula is C25H23F3O. The average molecular weight is 396 g/mol. The van der Waals surface area contributed by atoms with Crippen molar-refractivity contribution in [2.24, 2.45) is 5.92 Å². The van der Waals surface area contributed by atoms with Crippen molar-refractivity contribution < 1.29 is 18.3 Å². The van der Waals surface area contributed by atoms with Gasteiger partial charge in [-0.1, -0.05) is 56.2 Å². The predicted octanol–water partition coefficient (Wildman–Crippen LogP) is 7.44. The molecule has 0 bridgehead atoms. The SMILES string of the molecule is CC1CCC(c2ccc(-c3ccc(-c4ccc(O)c(F)c4F)cc3)cc2F)CC1. The van der Waals surface area contributed by atoms with Crippen molar-refractivity contribution in [1.29, 1.82) is 0 Å². The molecule has 0 radical (unpaired) electrons. The van der Waals surface area contributed by atoms with Crippen LogP contribution in [0, 0.1) is 23.4 Å². The quantitative estimate of drug-likeness (QED) is 0.488. The highest BCUT2D eigenvalue weighted by molar-refractivity contribution is 5.71. The van der Waals surface area contributed by atoms with E-state index in [2.05, 4.69) is 6.92 Å². The van der Waals surface area contributed by atoms with E-state index in [-0.39, 0.29) is 17.3 Å². The van der Waals surface area contributed by atoms with Gasteiger partial charge in [0, 0.05) is 5.56 Å². The van der Waals surface area contributed by atoms with Crippen LogP contribution in [-0.2, 0) is 0 Å². The Hall–Kier alpha value is -2.75. The Morgan fingerprint density at radius 2 is 1.34 bits per heavy atom. The predicted molar refractivity (Wildman–Crippen MR) is 109 cm³/mol. The van der Waals surface area contributed by atoms with Gasteiger partial charge in [-0.2, -0.15) is 4.39 Å². The lowest BCUT2D eigenvalue weighted by Gasteiger charge is -2.26. The minimum atomic E-state index is -1.26. The second-order valence-corrected chi connectivity index (χ2v) is 8.03. The van der Waals surface area contributed by atoms with Crippen molar-refractivity contribution in [2.75, 3.05) is 0 Å². The number of phenolic OH excluding ortho intramolecular Hbond substituents is 1. The third-order valence-electron chi connectivity index (χ3n) is 6.05. The molecule has 0 saturated heterocycles. The summed E-state index contributed by atoms with van der Waals surface area (Å²) in [7, 11) is 0. The Bertz CT molecular complexity index is 1020. The maximum absolute atomic E-state index is 14.8. The van der Waals surface area contributed by atoms with E-state index in [1.54, 1.807) is 30.3 Å².